The maximum atomic E-state index is 13.2. The van der Waals surface area contributed by atoms with E-state index in [2.05, 4.69) is 44.7 Å². The zero-order valence-electron chi connectivity index (χ0n) is 14.0. The number of rotatable bonds is 4. The van der Waals surface area contributed by atoms with Crippen LogP contribution < -0.4 is 0 Å². The second kappa shape index (κ2) is 6.29. The van der Waals surface area contributed by atoms with Crippen molar-refractivity contribution in [3.05, 3.63) is 34.4 Å². The van der Waals surface area contributed by atoms with Crippen molar-refractivity contribution in [2.75, 3.05) is 26.3 Å². The van der Waals surface area contributed by atoms with Crippen molar-refractivity contribution >= 4 is 5.78 Å². The summed E-state index contributed by atoms with van der Waals surface area (Å²) in [7, 11) is 0. The summed E-state index contributed by atoms with van der Waals surface area (Å²) in [6.07, 6.45) is 0.818. The number of Topliss-reactive ketones (excluding diaryl/α,β-unsaturated/α-hetero) is 1. The predicted octanol–water partition coefficient (Wildman–Crippen LogP) is 3.30. The summed E-state index contributed by atoms with van der Waals surface area (Å²) in [5.41, 5.74) is 3.94. The molecule has 0 bridgehead atoms. The zero-order valence-corrected chi connectivity index (χ0v) is 14.0. The van der Waals surface area contributed by atoms with E-state index in [4.69, 9.17) is 4.74 Å². The molecule has 1 aromatic rings. The second-order valence-corrected chi connectivity index (χ2v) is 6.31. The van der Waals surface area contributed by atoms with Gasteiger partial charge >= 0.3 is 0 Å². The monoisotopic (exact) mass is 289 g/mol. The molecule has 1 unspecified atom stereocenters. The smallest absolute Gasteiger partial charge is 0.183 e. The molecule has 1 heterocycles. The molecule has 1 aliphatic heterocycles. The summed E-state index contributed by atoms with van der Waals surface area (Å²) in [6.45, 7) is 13.5. The van der Waals surface area contributed by atoms with Crippen molar-refractivity contribution in [2.24, 2.45) is 0 Å². The second-order valence-electron chi connectivity index (χ2n) is 6.31. The van der Waals surface area contributed by atoms with Crippen LogP contribution in [0.1, 0.15) is 47.3 Å². The first-order chi connectivity index (χ1) is 9.90. The largest absolute Gasteiger partial charge is 0.379 e. The molecule has 2 rings (SSSR count). The van der Waals surface area contributed by atoms with Crippen molar-refractivity contribution in [1.82, 2.24) is 4.90 Å². The minimum Gasteiger partial charge on any atom is -0.379 e. The number of carbonyl (C=O) groups is 1. The normalized spacial score (nSPS) is 19.3. The van der Waals surface area contributed by atoms with Gasteiger partial charge in [-0.05, 0) is 56.9 Å². The Morgan fingerprint density at radius 1 is 1.14 bits per heavy atom. The number of hydrogen-bond donors (Lipinski definition) is 0. The van der Waals surface area contributed by atoms with Gasteiger partial charge in [0.2, 0.25) is 0 Å². The third-order valence-corrected chi connectivity index (χ3v) is 4.97. The SMILES string of the molecule is CCC(C)(C(=O)c1cc(C)c(C)cc1C)N1CCOCC1. The van der Waals surface area contributed by atoms with E-state index in [-0.39, 0.29) is 5.78 Å². The quantitative estimate of drug-likeness (QED) is 0.797. The third kappa shape index (κ3) is 3.04. The Balaban J connectivity index is 2.37. The number of aryl methyl sites for hydroxylation is 3. The molecule has 116 valence electrons. The highest BCUT2D eigenvalue weighted by molar-refractivity contribution is 6.04. The van der Waals surface area contributed by atoms with E-state index in [1.165, 1.54) is 11.1 Å². The minimum absolute atomic E-state index is 0.243. The number of hydrogen-bond acceptors (Lipinski definition) is 3. The predicted molar refractivity (Wildman–Crippen MR) is 86.1 cm³/mol. The fourth-order valence-electron chi connectivity index (χ4n) is 3.08. The number of ether oxygens (including phenoxy) is 1. The lowest BCUT2D eigenvalue weighted by Crippen LogP contribution is -2.56. The van der Waals surface area contributed by atoms with E-state index in [9.17, 15) is 4.79 Å². The van der Waals surface area contributed by atoms with Gasteiger partial charge in [-0.1, -0.05) is 13.0 Å². The Kier molecular flexibility index (Phi) is 4.84. The number of ketones is 1. The van der Waals surface area contributed by atoms with Gasteiger partial charge < -0.3 is 4.74 Å². The van der Waals surface area contributed by atoms with Gasteiger partial charge in [-0.15, -0.1) is 0 Å². The Morgan fingerprint density at radius 2 is 1.71 bits per heavy atom. The molecule has 3 nitrogen and oxygen atoms in total. The molecule has 1 atom stereocenters. The Morgan fingerprint density at radius 3 is 2.29 bits per heavy atom. The summed E-state index contributed by atoms with van der Waals surface area (Å²) in [6, 6.07) is 4.18. The van der Waals surface area contributed by atoms with Gasteiger partial charge in [0.15, 0.2) is 5.78 Å². The maximum absolute atomic E-state index is 13.2. The first kappa shape index (κ1) is 16.2. The van der Waals surface area contributed by atoms with E-state index in [1.54, 1.807) is 0 Å². The van der Waals surface area contributed by atoms with Gasteiger partial charge in [0, 0.05) is 18.7 Å². The van der Waals surface area contributed by atoms with E-state index in [1.807, 2.05) is 6.92 Å². The van der Waals surface area contributed by atoms with Crippen molar-refractivity contribution in [2.45, 2.75) is 46.6 Å². The van der Waals surface area contributed by atoms with Gasteiger partial charge in [-0.2, -0.15) is 0 Å². The van der Waals surface area contributed by atoms with Crippen LogP contribution in [0.4, 0.5) is 0 Å². The fraction of sp³-hybridized carbons (Fsp3) is 0.611. The molecule has 0 aromatic heterocycles. The van der Waals surface area contributed by atoms with Crippen LogP contribution in [0.3, 0.4) is 0 Å². The number of benzene rings is 1. The van der Waals surface area contributed by atoms with Gasteiger partial charge in [-0.3, -0.25) is 9.69 Å². The van der Waals surface area contributed by atoms with Crippen molar-refractivity contribution in [1.29, 1.82) is 0 Å². The maximum Gasteiger partial charge on any atom is 0.183 e. The van der Waals surface area contributed by atoms with E-state index >= 15 is 0 Å². The van der Waals surface area contributed by atoms with Gasteiger partial charge in [0.25, 0.3) is 0 Å². The lowest BCUT2D eigenvalue weighted by Gasteiger charge is -2.42. The number of nitrogens with zero attached hydrogens (tertiary/aromatic N) is 1. The molecule has 0 radical (unpaired) electrons. The molecule has 0 amide bonds. The van der Waals surface area contributed by atoms with Crippen LogP contribution in [0.2, 0.25) is 0 Å². The van der Waals surface area contributed by atoms with Crippen molar-refractivity contribution in [3.63, 3.8) is 0 Å². The van der Waals surface area contributed by atoms with Crippen LogP contribution in [-0.2, 0) is 4.74 Å². The molecule has 1 aromatic carbocycles. The van der Waals surface area contributed by atoms with Crippen LogP contribution in [0, 0.1) is 20.8 Å². The topological polar surface area (TPSA) is 29.5 Å². The zero-order chi connectivity index (χ0) is 15.6. The molecule has 21 heavy (non-hydrogen) atoms. The lowest BCUT2D eigenvalue weighted by molar-refractivity contribution is -0.0106. The molecular formula is C18H27NO2. The molecule has 0 N–H and O–H groups in total. The van der Waals surface area contributed by atoms with Crippen LogP contribution >= 0.6 is 0 Å². The van der Waals surface area contributed by atoms with Crippen LogP contribution in [0.15, 0.2) is 12.1 Å². The van der Waals surface area contributed by atoms with E-state index < -0.39 is 5.54 Å². The average molecular weight is 289 g/mol. The molecule has 0 spiro atoms. The van der Waals surface area contributed by atoms with Crippen LogP contribution in [0.25, 0.3) is 0 Å². The van der Waals surface area contributed by atoms with Crippen molar-refractivity contribution in [3.8, 4) is 0 Å². The van der Waals surface area contributed by atoms with E-state index in [0.717, 1.165) is 43.9 Å². The molecule has 0 aliphatic carbocycles. The van der Waals surface area contributed by atoms with Gasteiger partial charge in [0.1, 0.15) is 0 Å². The van der Waals surface area contributed by atoms with E-state index in [0.29, 0.717) is 0 Å². The summed E-state index contributed by atoms with van der Waals surface area (Å²) in [5.74, 6) is 0.243. The summed E-state index contributed by atoms with van der Waals surface area (Å²) >= 11 is 0. The fourth-order valence-corrected chi connectivity index (χ4v) is 3.08. The standard InChI is InChI=1S/C18H27NO2/c1-6-18(5,19-7-9-21-10-8-19)17(20)16-12-14(3)13(2)11-15(16)4/h11-12H,6-10H2,1-5H3. The number of carbonyl (C=O) groups excluding carboxylic acids is 1. The molecular weight excluding hydrogens is 262 g/mol. The summed E-state index contributed by atoms with van der Waals surface area (Å²) in [5, 5.41) is 0. The first-order valence-corrected chi connectivity index (χ1v) is 7.85. The Bertz CT molecular complexity index is 532. The van der Waals surface area contributed by atoms with Crippen LogP contribution in [0.5, 0.6) is 0 Å². The van der Waals surface area contributed by atoms with Gasteiger partial charge in [0.05, 0.1) is 18.8 Å². The highest BCUT2D eigenvalue weighted by Gasteiger charge is 2.39. The number of morpholine rings is 1. The lowest BCUT2D eigenvalue weighted by atomic mass is 9.84. The molecule has 1 saturated heterocycles. The third-order valence-electron chi connectivity index (χ3n) is 4.97. The molecule has 1 aliphatic rings. The Labute approximate surface area is 128 Å². The van der Waals surface area contributed by atoms with Crippen molar-refractivity contribution < 1.29 is 9.53 Å². The first-order valence-electron chi connectivity index (χ1n) is 7.85. The summed E-state index contributed by atoms with van der Waals surface area (Å²) < 4.78 is 5.43. The highest BCUT2D eigenvalue weighted by atomic mass is 16.5. The average Bonchev–Trinajstić information content (AvgIpc) is 2.50. The molecule has 3 heteroatoms. The highest BCUT2D eigenvalue weighted by Crippen LogP contribution is 2.28. The van der Waals surface area contributed by atoms with Crippen LogP contribution in [-0.4, -0.2) is 42.5 Å². The minimum atomic E-state index is -0.434. The Hall–Kier alpha value is -1.19. The molecule has 0 saturated carbocycles. The van der Waals surface area contributed by atoms with Gasteiger partial charge in [-0.25, -0.2) is 0 Å². The molecule has 1 fully saturated rings. The summed E-state index contributed by atoms with van der Waals surface area (Å²) in [4.78, 5) is 15.5.